The monoisotopic (exact) mass is 210 g/mol. The van der Waals surface area contributed by atoms with Crippen molar-refractivity contribution >= 4 is 5.91 Å². The predicted molar refractivity (Wildman–Crippen MR) is 64.1 cm³/mol. The maximum Gasteiger partial charge on any atom is 0.220 e. The molecule has 0 spiro atoms. The smallest absolute Gasteiger partial charge is 0.220 e. The second kappa shape index (κ2) is 8.24. The molecular formula is C12H22N2O. The summed E-state index contributed by atoms with van der Waals surface area (Å²) in [5, 5.41) is 0. The van der Waals surface area contributed by atoms with E-state index in [1.807, 2.05) is 13.0 Å². The zero-order valence-electron chi connectivity index (χ0n) is 9.49. The molecule has 0 saturated carbocycles. The minimum absolute atomic E-state index is 0.0637. The summed E-state index contributed by atoms with van der Waals surface area (Å²) >= 11 is 0. The van der Waals surface area contributed by atoms with Gasteiger partial charge in [-0.15, -0.1) is 6.58 Å². The summed E-state index contributed by atoms with van der Waals surface area (Å²) < 4.78 is 0. The number of primary amides is 1. The van der Waals surface area contributed by atoms with E-state index in [4.69, 9.17) is 11.5 Å². The van der Waals surface area contributed by atoms with Crippen LogP contribution < -0.4 is 11.5 Å². The third-order valence-electron chi connectivity index (χ3n) is 2.22. The molecule has 3 nitrogen and oxygen atoms in total. The molecule has 4 N–H and O–H groups in total. The van der Waals surface area contributed by atoms with Gasteiger partial charge in [0.05, 0.1) is 0 Å². The van der Waals surface area contributed by atoms with E-state index in [1.54, 1.807) is 6.08 Å². The van der Waals surface area contributed by atoms with E-state index >= 15 is 0 Å². The number of rotatable bonds is 8. The molecule has 0 aromatic heterocycles. The van der Waals surface area contributed by atoms with Crippen molar-refractivity contribution in [2.75, 3.05) is 0 Å². The number of allylic oxidation sites excluding steroid dienone is 2. The van der Waals surface area contributed by atoms with Crippen LogP contribution in [0, 0.1) is 5.92 Å². The van der Waals surface area contributed by atoms with Gasteiger partial charge in [-0.1, -0.05) is 18.2 Å². The summed E-state index contributed by atoms with van der Waals surface area (Å²) in [6.07, 6.45) is 9.17. The van der Waals surface area contributed by atoms with Crippen LogP contribution >= 0.6 is 0 Å². The summed E-state index contributed by atoms with van der Waals surface area (Å²) in [6, 6.07) is 0.102. The number of unbranched alkanes of at least 4 members (excludes halogenated alkanes) is 1. The largest absolute Gasteiger partial charge is 0.369 e. The van der Waals surface area contributed by atoms with Gasteiger partial charge in [-0.25, -0.2) is 0 Å². The average Bonchev–Trinajstić information content (AvgIpc) is 2.15. The van der Waals surface area contributed by atoms with E-state index in [9.17, 15) is 4.79 Å². The summed E-state index contributed by atoms with van der Waals surface area (Å²) in [5.74, 6) is -0.294. The molecule has 0 aliphatic carbocycles. The van der Waals surface area contributed by atoms with E-state index in [1.165, 1.54) is 0 Å². The van der Waals surface area contributed by atoms with Gasteiger partial charge < -0.3 is 11.5 Å². The SMILES string of the molecule is C=CCC(CCC/C=C\C(C)N)C(N)=O. The van der Waals surface area contributed by atoms with Crippen LogP contribution in [0.25, 0.3) is 0 Å². The lowest BCUT2D eigenvalue weighted by Crippen LogP contribution is -2.22. The van der Waals surface area contributed by atoms with Crippen LogP contribution in [0.2, 0.25) is 0 Å². The maximum absolute atomic E-state index is 11.0. The van der Waals surface area contributed by atoms with E-state index in [-0.39, 0.29) is 17.9 Å². The first kappa shape index (κ1) is 13.9. The number of hydrogen-bond acceptors (Lipinski definition) is 2. The molecule has 0 saturated heterocycles. The summed E-state index contributed by atoms with van der Waals surface area (Å²) in [5.41, 5.74) is 10.8. The van der Waals surface area contributed by atoms with E-state index < -0.39 is 0 Å². The van der Waals surface area contributed by atoms with Gasteiger partial charge in [0.1, 0.15) is 0 Å². The highest BCUT2D eigenvalue weighted by molar-refractivity contribution is 5.76. The Kier molecular flexibility index (Phi) is 7.64. The van der Waals surface area contributed by atoms with Gasteiger partial charge in [0.2, 0.25) is 5.91 Å². The van der Waals surface area contributed by atoms with Crippen molar-refractivity contribution in [1.82, 2.24) is 0 Å². The first-order valence-corrected chi connectivity index (χ1v) is 5.40. The molecule has 2 unspecified atom stereocenters. The van der Waals surface area contributed by atoms with Crippen LogP contribution in [0.3, 0.4) is 0 Å². The molecule has 3 heteroatoms. The Morgan fingerprint density at radius 1 is 1.53 bits per heavy atom. The molecule has 0 fully saturated rings. The highest BCUT2D eigenvalue weighted by atomic mass is 16.1. The fourth-order valence-corrected chi connectivity index (χ4v) is 1.37. The Bertz CT molecular complexity index is 222. The highest BCUT2D eigenvalue weighted by Gasteiger charge is 2.11. The molecule has 0 rings (SSSR count). The Morgan fingerprint density at radius 3 is 2.67 bits per heavy atom. The second-order valence-corrected chi connectivity index (χ2v) is 3.84. The first-order chi connectivity index (χ1) is 7.07. The van der Waals surface area contributed by atoms with Gasteiger partial charge in [-0.3, -0.25) is 4.79 Å². The Labute approximate surface area is 92.2 Å². The molecule has 0 aromatic rings. The number of nitrogens with two attached hydrogens (primary N) is 2. The van der Waals surface area contributed by atoms with Gasteiger partial charge in [0, 0.05) is 12.0 Å². The zero-order chi connectivity index (χ0) is 11.7. The average molecular weight is 210 g/mol. The van der Waals surface area contributed by atoms with Crippen molar-refractivity contribution in [3.8, 4) is 0 Å². The molecule has 2 atom stereocenters. The number of carbonyl (C=O) groups is 1. The van der Waals surface area contributed by atoms with Crippen molar-refractivity contribution in [2.45, 2.75) is 38.6 Å². The van der Waals surface area contributed by atoms with E-state index in [0.29, 0.717) is 6.42 Å². The van der Waals surface area contributed by atoms with E-state index in [2.05, 4.69) is 12.7 Å². The molecular weight excluding hydrogens is 188 g/mol. The van der Waals surface area contributed by atoms with Crippen molar-refractivity contribution in [3.63, 3.8) is 0 Å². The first-order valence-electron chi connectivity index (χ1n) is 5.40. The molecule has 15 heavy (non-hydrogen) atoms. The summed E-state index contributed by atoms with van der Waals surface area (Å²) in [7, 11) is 0. The van der Waals surface area contributed by atoms with Crippen LogP contribution in [0.4, 0.5) is 0 Å². The lowest BCUT2D eigenvalue weighted by atomic mass is 9.97. The molecule has 0 aliphatic heterocycles. The van der Waals surface area contributed by atoms with Crippen LogP contribution in [0.1, 0.15) is 32.6 Å². The maximum atomic E-state index is 11.0. The second-order valence-electron chi connectivity index (χ2n) is 3.84. The van der Waals surface area contributed by atoms with Crippen LogP contribution in [0.15, 0.2) is 24.8 Å². The third-order valence-corrected chi connectivity index (χ3v) is 2.22. The Morgan fingerprint density at radius 2 is 2.20 bits per heavy atom. The third kappa shape index (κ3) is 7.94. The van der Waals surface area contributed by atoms with E-state index in [0.717, 1.165) is 19.3 Å². The van der Waals surface area contributed by atoms with Gasteiger partial charge >= 0.3 is 0 Å². The van der Waals surface area contributed by atoms with Crippen molar-refractivity contribution in [3.05, 3.63) is 24.8 Å². The lowest BCUT2D eigenvalue weighted by Gasteiger charge is -2.09. The molecule has 86 valence electrons. The molecule has 0 radical (unpaired) electrons. The van der Waals surface area contributed by atoms with Crippen LogP contribution in [0.5, 0.6) is 0 Å². The molecule has 0 heterocycles. The van der Waals surface area contributed by atoms with Gasteiger partial charge in [-0.2, -0.15) is 0 Å². The van der Waals surface area contributed by atoms with Crippen molar-refractivity contribution in [1.29, 1.82) is 0 Å². The van der Waals surface area contributed by atoms with Crippen LogP contribution in [-0.2, 0) is 4.79 Å². The zero-order valence-corrected chi connectivity index (χ0v) is 9.49. The number of carbonyl (C=O) groups excluding carboxylic acids is 1. The number of hydrogen-bond donors (Lipinski definition) is 2. The minimum atomic E-state index is -0.230. The molecule has 0 bridgehead atoms. The molecule has 0 aliphatic rings. The van der Waals surface area contributed by atoms with Gasteiger partial charge in [0.15, 0.2) is 0 Å². The Balaban J connectivity index is 3.71. The predicted octanol–water partition coefficient (Wildman–Crippen LogP) is 1.74. The summed E-state index contributed by atoms with van der Waals surface area (Å²) in [4.78, 5) is 11.0. The Hall–Kier alpha value is -1.09. The minimum Gasteiger partial charge on any atom is -0.369 e. The fraction of sp³-hybridized carbons (Fsp3) is 0.583. The van der Waals surface area contributed by atoms with Gasteiger partial charge in [-0.05, 0) is 32.6 Å². The molecule has 0 aromatic carbocycles. The highest BCUT2D eigenvalue weighted by Crippen LogP contribution is 2.13. The van der Waals surface area contributed by atoms with Crippen molar-refractivity contribution < 1.29 is 4.79 Å². The summed E-state index contributed by atoms with van der Waals surface area (Å²) in [6.45, 7) is 5.54. The standard InChI is InChI=1S/C12H22N2O/c1-3-7-11(12(14)15)9-6-4-5-8-10(2)13/h3,5,8,10-11H,1,4,6-7,9,13H2,2H3,(H2,14,15)/b8-5-. The quantitative estimate of drug-likeness (QED) is 0.473. The van der Waals surface area contributed by atoms with Gasteiger partial charge in [0.25, 0.3) is 0 Å². The van der Waals surface area contributed by atoms with Crippen LogP contribution in [-0.4, -0.2) is 11.9 Å². The normalized spacial score (nSPS) is 15.1. The van der Waals surface area contributed by atoms with Crippen molar-refractivity contribution in [2.24, 2.45) is 17.4 Å². The molecule has 1 amide bonds. The number of amides is 1. The lowest BCUT2D eigenvalue weighted by molar-refractivity contribution is -0.121. The topological polar surface area (TPSA) is 69.1 Å². The fourth-order valence-electron chi connectivity index (χ4n) is 1.37.